The van der Waals surface area contributed by atoms with Crippen molar-refractivity contribution in [2.45, 2.75) is 32.5 Å². The van der Waals surface area contributed by atoms with Crippen molar-refractivity contribution in [3.63, 3.8) is 0 Å². The summed E-state index contributed by atoms with van der Waals surface area (Å²) in [6, 6.07) is 8.91. The first-order valence-corrected chi connectivity index (χ1v) is 8.47. The van der Waals surface area contributed by atoms with Crippen LogP contribution in [0.25, 0.3) is 0 Å². The van der Waals surface area contributed by atoms with Crippen molar-refractivity contribution < 1.29 is 27.5 Å². The molecule has 0 aliphatic heterocycles. The van der Waals surface area contributed by atoms with Crippen LogP contribution in [0.5, 0.6) is 5.75 Å². The number of Topliss-reactive ketones (excluding diaryl/α,β-unsaturated/α-hetero) is 1. The first kappa shape index (κ1) is 20.8. The van der Waals surface area contributed by atoms with Crippen molar-refractivity contribution in [2.75, 3.05) is 5.32 Å². The molecule has 8 heteroatoms. The van der Waals surface area contributed by atoms with E-state index in [2.05, 4.69) is 5.32 Å². The van der Waals surface area contributed by atoms with E-state index in [-0.39, 0.29) is 16.5 Å². The van der Waals surface area contributed by atoms with Crippen LogP contribution in [0.4, 0.5) is 18.9 Å². The van der Waals surface area contributed by atoms with Gasteiger partial charge in [0.2, 0.25) is 0 Å². The molecule has 1 N–H and O–H groups in total. The Bertz CT molecular complexity index is 835. The highest BCUT2D eigenvalue weighted by Gasteiger charge is 2.31. The Morgan fingerprint density at radius 1 is 1.15 bits per heavy atom. The van der Waals surface area contributed by atoms with E-state index >= 15 is 0 Å². The first-order chi connectivity index (χ1) is 12.6. The molecule has 0 aliphatic rings. The summed E-state index contributed by atoms with van der Waals surface area (Å²) < 4.78 is 43.8. The zero-order valence-electron chi connectivity index (χ0n) is 14.6. The van der Waals surface area contributed by atoms with Crippen LogP contribution in [0, 0.1) is 0 Å². The summed E-state index contributed by atoms with van der Waals surface area (Å²) in [5, 5.41) is 2.31. The highest BCUT2D eigenvalue weighted by atomic mass is 35.5. The lowest BCUT2D eigenvalue weighted by atomic mass is 10.1. The number of alkyl halides is 3. The summed E-state index contributed by atoms with van der Waals surface area (Å²) in [6.07, 6.45) is -5.18. The molecule has 1 atom stereocenters. The van der Waals surface area contributed by atoms with Crippen molar-refractivity contribution in [3.05, 3.63) is 58.6 Å². The number of carbonyl (C=O) groups excluding carboxylic acids is 2. The van der Waals surface area contributed by atoms with Gasteiger partial charge in [0, 0.05) is 12.0 Å². The normalized spacial score (nSPS) is 12.4. The number of benzene rings is 2. The van der Waals surface area contributed by atoms with Crippen LogP contribution in [0.2, 0.25) is 5.02 Å². The number of carbonyl (C=O) groups is 2. The van der Waals surface area contributed by atoms with Gasteiger partial charge in [0.05, 0.1) is 16.3 Å². The number of hydrogen-bond donors (Lipinski definition) is 1. The maximum atomic E-state index is 12.8. The van der Waals surface area contributed by atoms with Crippen molar-refractivity contribution in [2.24, 2.45) is 0 Å². The van der Waals surface area contributed by atoms with Crippen LogP contribution < -0.4 is 10.1 Å². The molecule has 0 aromatic heterocycles. The fourth-order valence-electron chi connectivity index (χ4n) is 2.21. The molecule has 0 bridgehead atoms. The number of amides is 1. The highest BCUT2D eigenvalue weighted by molar-refractivity contribution is 6.33. The molecule has 144 valence electrons. The first-order valence-electron chi connectivity index (χ1n) is 8.09. The Labute approximate surface area is 159 Å². The van der Waals surface area contributed by atoms with Gasteiger partial charge in [0.15, 0.2) is 11.9 Å². The molecule has 27 heavy (non-hydrogen) atoms. The van der Waals surface area contributed by atoms with Gasteiger partial charge < -0.3 is 10.1 Å². The molecule has 4 nitrogen and oxygen atoms in total. The quantitative estimate of drug-likeness (QED) is 0.665. The van der Waals surface area contributed by atoms with Gasteiger partial charge in [-0.2, -0.15) is 13.2 Å². The van der Waals surface area contributed by atoms with Crippen LogP contribution in [0.1, 0.15) is 36.2 Å². The molecule has 2 aromatic rings. The van der Waals surface area contributed by atoms with E-state index in [1.165, 1.54) is 6.92 Å². The molecular formula is C19H17ClF3NO3. The van der Waals surface area contributed by atoms with Crippen molar-refractivity contribution in [1.29, 1.82) is 0 Å². The molecule has 0 saturated carbocycles. The average molecular weight is 400 g/mol. The molecule has 0 spiro atoms. The topological polar surface area (TPSA) is 55.4 Å². The minimum atomic E-state index is -4.55. The van der Waals surface area contributed by atoms with Gasteiger partial charge in [-0.3, -0.25) is 9.59 Å². The predicted molar refractivity (Wildman–Crippen MR) is 96.2 cm³/mol. The summed E-state index contributed by atoms with van der Waals surface area (Å²) in [6.45, 7) is 3.19. The number of ether oxygens (including phenoxy) is 1. The zero-order chi connectivity index (χ0) is 20.2. The van der Waals surface area contributed by atoms with Gasteiger partial charge in [-0.25, -0.2) is 0 Å². The summed E-state index contributed by atoms with van der Waals surface area (Å²) >= 11 is 5.86. The fourth-order valence-corrected chi connectivity index (χ4v) is 2.38. The van der Waals surface area contributed by atoms with Crippen LogP contribution in [0.3, 0.4) is 0 Å². The third kappa shape index (κ3) is 5.47. The molecule has 1 amide bonds. The van der Waals surface area contributed by atoms with Gasteiger partial charge in [-0.05, 0) is 49.4 Å². The number of ketones is 1. The average Bonchev–Trinajstić information content (AvgIpc) is 2.62. The third-order valence-corrected chi connectivity index (χ3v) is 4.06. The fraction of sp³-hybridized carbons (Fsp3) is 0.263. The summed E-state index contributed by atoms with van der Waals surface area (Å²) in [5.41, 5.74) is -0.555. The van der Waals surface area contributed by atoms with Crippen LogP contribution in [-0.4, -0.2) is 17.8 Å². The molecule has 0 radical (unpaired) electrons. The van der Waals surface area contributed by atoms with Gasteiger partial charge >= 0.3 is 6.18 Å². The molecule has 0 fully saturated rings. The maximum Gasteiger partial charge on any atom is 0.416 e. The van der Waals surface area contributed by atoms with E-state index in [0.29, 0.717) is 17.7 Å². The van der Waals surface area contributed by atoms with E-state index < -0.39 is 23.8 Å². The number of halogens is 4. The molecule has 0 heterocycles. The monoisotopic (exact) mass is 399 g/mol. The second-order valence-electron chi connectivity index (χ2n) is 5.74. The summed E-state index contributed by atoms with van der Waals surface area (Å²) in [4.78, 5) is 23.8. The van der Waals surface area contributed by atoms with Crippen molar-refractivity contribution in [3.8, 4) is 5.75 Å². The van der Waals surface area contributed by atoms with Crippen molar-refractivity contribution in [1.82, 2.24) is 0 Å². The minimum absolute atomic E-state index is 0.0217. The minimum Gasteiger partial charge on any atom is -0.481 e. The summed E-state index contributed by atoms with van der Waals surface area (Å²) in [7, 11) is 0. The van der Waals surface area contributed by atoms with Gasteiger partial charge in [-0.1, -0.05) is 18.5 Å². The number of nitrogens with one attached hydrogen (secondary N) is 1. The highest BCUT2D eigenvalue weighted by Crippen LogP contribution is 2.33. The lowest BCUT2D eigenvalue weighted by molar-refractivity contribution is -0.137. The predicted octanol–water partition coefficient (Wildman–Crippen LogP) is 5.36. The van der Waals surface area contributed by atoms with Crippen LogP contribution in [0.15, 0.2) is 42.5 Å². The van der Waals surface area contributed by atoms with E-state index in [4.69, 9.17) is 16.3 Å². The maximum absolute atomic E-state index is 12.8. The Morgan fingerprint density at radius 3 is 2.33 bits per heavy atom. The molecule has 2 rings (SSSR count). The molecule has 0 aliphatic carbocycles. The van der Waals surface area contributed by atoms with E-state index in [1.54, 1.807) is 31.2 Å². The lowest BCUT2D eigenvalue weighted by Crippen LogP contribution is -2.30. The Kier molecular flexibility index (Phi) is 6.49. The van der Waals surface area contributed by atoms with Gasteiger partial charge in [0.1, 0.15) is 5.75 Å². The van der Waals surface area contributed by atoms with E-state index in [1.807, 2.05) is 0 Å². The summed E-state index contributed by atoms with van der Waals surface area (Å²) in [5.74, 6) is -0.336. The Balaban J connectivity index is 2.07. The lowest BCUT2D eigenvalue weighted by Gasteiger charge is -2.16. The van der Waals surface area contributed by atoms with Gasteiger partial charge in [-0.15, -0.1) is 0 Å². The SMILES string of the molecule is CCC(=O)c1ccc(O[C@@H](C)C(=O)Nc2cc(C(F)(F)F)ccc2Cl)cc1. The van der Waals surface area contributed by atoms with E-state index in [0.717, 1.165) is 18.2 Å². The molecule has 0 unspecified atom stereocenters. The Morgan fingerprint density at radius 2 is 1.78 bits per heavy atom. The van der Waals surface area contributed by atoms with Crippen LogP contribution >= 0.6 is 11.6 Å². The van der Waals surface area contributed by atoms with Crippen molar-refractivity contribution >= 4 is 29.0 Å². The third-order valence-electron chi connectivity index (χ3n) is 3.73. The largest absolute Gasteiger partial charge is 0.481 e. The second kappa shape index (κ2) is 8.43. The van der Waals surface area contributed by atoms with Crippen LogP contribution in [-0.2, 0) is 11.0 Å². The molecular weight excluding hydrogens is 383 g/mol. The zero-order valence-corrected chi connectivity index (χ0v) is 15.3. The Hall–Kier alpha value is -2.54. The van der Waals surface area contributed by atoms with Gasteiger partial charge in [0.25, 0.3) is 5.91 Å². The molecule has 0 saturated heterocycles. The molecule has 2 aromatic carbocycles. The smallest absolute Gasteiger partial charge is 0.416 e. The number of hydrogen-bond acceptors (Lipinski definition) is 3. The number of rotatable bonds is 6. The van der Waals surface area contributed by atoms with E-state index in [9.17, 15) is 22.8 Å². The number of anilines is 1. The second-order valence-corrected chi connectivity index (χ2v) is 6.15. The standard InChI is InChI=1S/C19H17ClF3NO3/c1-3-17(25)12-4-7-14(8-5-12)27-11(2)18(26)24-16-10-13(19(21,22)23)6-9-15(16)20/h4-11H,3H2,1-2H3,(H,24,26)/t11-/m0/s1.